The molecule has 0 fully saturated rings. The molecular weight excluding hydrogens is 413 g/mol. The average molecular weight is 432 g/mol. The standard InChI is InChI=1S/C21H19Cl2N3O3/c1-2-12-28-15-5-7-16(8-6-15)29-21-14(4-3-11-24-21)13-25-20(27)19-17(22)9-10-18(23)26-19/h3-11H,2,12-13H2,1H3,(H,25,27). The van der Waals surface area contributed by atoms with E-state index >= 15 is 0 Å². The fourth-order valence-corrected chi connectivity index (χ4v) is 2.76. The van der Waals surface area contributed by atoms with E-state index in [0.29, 0.717) is 23.8 Å². The smallest absolute Gasteiger partial charge is 0.271 e. The van der Waals surface area contributed by atoms with Crippen molar-refractivity contribution < 1.29 is 14.3 Å². The molecule has 0 spiro atoms. The van der Waals surface area contributed by atoms with Crippen molar-refractivity contribution in [1.29, 1.82) is 0 Å². The van der Waals surface area contributed by atoms with Crippen molar-refractivity contribution in [3.05, 3.63) is 76.2 Å². The molecule has 0 radical (unpaired) electrons. The van der Waals surface area contributed by atoms with Crippen molar-refractivity contribution in [2.24, 2.45) is 0 Å². The molecule has 2 aromatic heterocycles. The SMILES string of the molecule is CCCOc1ccc(Oc2ncccc2CNC(=O)c2nc(Cl)ccc2Cl)cc1. The van der Waals surface area contributed by atoms with Crippen LogP contribution in [0.4, 0.5) is 0 Å². The molecule has 6 nitrogen and oxygen atoms in total. The Balaban J connectivity index is 1.67. The quantitative estimate of drug-likeness (QED) is 0.490. The summed E-state index contributed by atoms with van der Waals surface area (Å²) >= 11 is 11.9. The van der Waals surface area contributed by atoms with Crippen LogP contribution in [0.1, 0.15) is 29.4 Å². The Morgan fingerprint density at radius 1 is 1.07 bits per heavy atom. The number of nitrogens with one attached hydrogen (secondary N) is 1. The Bertz CT molecular complexity index is 981. The van der Waals surface area contributed by atoms with Crippen molar-refractivity contribution in [2.75, 3.05) is 6.61 Å². The second-order valence-electron chi connectivity index (χ2n) is 6.04. The Morgan fingerprint density at radius 3 is 2.59 bits per heavy atom. The van der Waals surface area contributed by atoms with Crippen LogP contribution in [-0.4, -0.2) is 22.5 Å². The molecule has 0 bridgehead atoms. The Morgan fingerprint density at radius 2 is 1.83 bits per heavy atom. The number of rotatable bonds is 8. The molecule has 29 heavy (non-hydrogen) atoms. The normalized spacial score (nSPS) is 10.4. The van der Waals surface area contributed by atoms with Crippen LogP contribution in [0, 0.1) is 0 Å². The summed E-state index contributed by atoms with van der Waals surface area (Å²) < 4.78 is 11.4. The van der Waals surface area contributed by atoms with Crippen molar-refractivity contribution in [3.63, 3.8) is 0 Å². The highest BCUT2D eigenvalue weighted by Crippen LogP contribution is 2.25. The van der Waals surface area contributed by atoms with E-state index in [9.17, 15) is 4.79 Å². The lowest BCUT2D eigenvalue weighted by Gasteiger charge is -2.12. The predicted molar refractivity (Wildman–Crippen MR) is 112 cm³/mol. The maximum atomic E-state index is 12.4. The molecule has 0 atom stereocenters. The van der Waals surface area contributed by atoms with E-state index in [0.717, 1.165) is 12.2 Å². The van der Waals surface area contributed by atoms with Crippen molar-refractivity contribution in [2.45, 2.75) is 19.9 Å². The van der Waals surface area contributed by atoms with Crippen LogP contribution in [0.15, 0.2) is 54.7 Å². The van der Waals surface area contributed by atoms with Crippen LogP contribution in [0.5, 0.6) is 17.4 Å². The number of aromatic nitrogens is 2. The lowest BCUT2D eigenvalue weighted by Crippen LogP contribution is -2.24. The van der Waals surface area contributed by atoms with E-state index in [1.165, 1.54) is 12.1 Å². The monoisotopic (exact) mass is 431 g/mol. The van der Waals surface area contributed by atoms with Crippen molar-refractivity contribution in [1.82, 2.24) is 15.3 Å². The van der Waals surface area contributed by atoms with Gasteiger partial charge in [-0.3, -0.25) is 4.79 Å². The molecule has 0 saturated heterocycles. The summed E-state index contributed by atoms with van der Waals surface area (Å²) in [6.07, 6.45) is 2.56. The molecule has 8 heteroatoms. The van der Waals surface area contributed by atoms with E-state index in [1.807, 2.05) is 18.2 Å². The predicted octanol–water partition coefficient (Wildman–Crippen LogP) is 5.29. The molecular formula is C21H19Cl2N3O3. The molecule has 0 unspecified atom stereocenters. The van der Waals surface area contributed by atoms with Gasteiger partial charge in [0, 0.05) is 18.3 Å². The number of amides is 1. The second-order valence-corrected chi connectivity index (χ2v) is 6.83. The molecule has 0 aliphatic rings. The van der Waals surface area contributed by atoms with E-state index in [2.05, 4.69) is 22.2 Å². The number of ether oxygens (including phenoxy) is 2. The van der Waals surface area contributed by atoms with Crippen LogP contribution in [0.2, 0.25) is 10.2 Å². The summed E-state index contributed by atoms with van der Waals surface area (Å²) in [4.78, 5) is 20.6. The van der Waals surface area contributed by atoms with Gasteiger partial charge in [-0.2, -0.15) is 0 Å². The third kappa shape index (κ3) is 5.82. The molecule has 0 saturated carbocycles. The minimum Gasteiger partial charge on any atom is -0.494 e. The molecule has 2 heterocycles. The van der Waals surface area contributed by atoms with Gasteiger partial charge in [0.25, 0.3) is 5.91 Å². The third-order valence-corrected chi connectivity index (χ3v) is 4.34. The first-order valence-electron chi connectivity index (χ1n) is 9.01. The molecule has 3 aromatic rings. The zero-order chi connectivity index (χ0) is 20.6. The fourth-order valence-electron chi connectivity index (χ4n) is 2.42. The molecule has 150 valence electrons. The Labute approximate surface area is 178 Å². The maximum Gasteiger partial charge on any atom is 0.271 e. The molecule has 3 rings (SSSR count). The first-order chi connectivity index (χ1) is 14.1. The van der Waals surface area contributed by atoms with Crippen LogP contribution in [-0.2, 0) is 6.54 Å². The number of hydrogen-bond donors (Lipinski definition) is 1. The van der Waals surface area contributed by atoms with E-state index < -0.39 is 5.91 Å². The highest BCUT2D eigenvalue weighted by atomic mass is 35.5. The number of hydrogen-bond acceptors (Lipinski definition) is 5. The zero-order valence-electron chi connectivity index (χ0n) is 15.7. The van der Waals surface area contributed by atoms with Gasteiger partial charge in [0.2, 0.25) is 5.88 Å². The van der Waals surface area contributed by atoms with Crippen LogP contribution < -0.4 is 14.8 Å². The van der Waals surface area contributed by atoms with Crippen LogP contribution in [0.25, 0.3) is 0 Å². The minimum absolute atomic E-state index is 0.0631. The largest absolute Gasteiger partial charge is 0.494 e. The van der Waals surface area contributed by atoms with Gasteiger partial charge in [-0.05, 0) is 48.9 Å². The fraction of sp³-hybridized carbons (Fsp3) is 0.190. The summed E-state index contributed by atoms with van der Waals surface area (Å²) in [7, 11) is 0. The average Bonchev–Trinajstić information content (AvgIpc) is 2.74. The highest BCUT2D eigenvalue weighted by Gasteiger charge is 2.14. The maximum absolute atomic E-state index is 12.4. The van der Waals surface area contributed by atoms with Gasteiger partial charge in [-0.15, -0.1) is 0 Å². The van der Waals surface area contributed by atoms with Crippen LogP contribution in [0.3, 0.4) is 0 Å². The van der Waals surface area contributed by atoms with Crippen molar-refractivity contribution in [3.8, 4) is 17.4 Å². The van der Waals surface area contributed by atoms with Crippen molar-refractivity contribution >= 4 is 29.1 Å². The summed E-state index contributed by atoms with van der Waals surface area (Å²) in [5.41, 5.74) is 0.763. The number of pyridine rings is 2. The molecule has 1 amide bonds. The topological polar surface area (TPSA) is 73.3 Å². The summed E-state index contributed by atoms with van der Waals surface area (Å²) in [6.45, 7) is 2.90. The zero-order valence-corrected chi connectivity index (χ0v) is 17.2. The molecule has 1 N–H and O–H groups in total. The van der Waals surface area contributed by atoms with E-state index in [1.54, 1.807) is 24.4 Å². The number of carbonyl (C=O) groups excluding carboxylic acids is 1. The lowest BCUT2D eigenvalue weighted by molar-refractivity contribution is 0.0946. The van der Waals surface area contributed by atoms with Crippen LogP contribution >= 0.6 is 23.2 Å². The third-order valence-electron chi connectivity index (χ3n) is 3.83. The van der Waals surface area contributed by atoms with Gasteiger partial charge in [-0.1, -0.05) is 36.2 Å². The number of carbonyl (C=O) groups is 1. The summed E-state index contributed by atoms with van der Waals surface area (Å²) in [5, 5.41) is 3.17. The van der Waals surface area contributed by atoms with Gasteiger partial charge in [0.15, 0.2) is 0 Å². The molecule has 1 aromatic carbocycles. The first-order valence-corrected chi connectivity index (χ1v) is 9.77. The molecule has 0 aliphatic carbocycles. The highest BCUT2D eigenvalue weighted by molar-refractivity contribution is 6.34. The van der Waals surface area contributed by atoms with Gasteiger partial charge >= 0.3 is 0 Å². The number of benzene rings is 1. The van der Waals surface area contributed by atoms with E-state index in [-0.39, 0.29) is 22.4 Å². The molecule has 0 aliphatic heterocycles. The summed E-state index contributed by atoms with van der Waals surface area (Å²) in [6, 6.07) is 13.9. The van der Waals surface area contributed by atoms with Gasteiger partial charge in [0.1, 0.15) is 22.3 Å². The Kier molecular flexibility index (Phi) is 7.27. The van der Waals surface area contributed by atoms with E-state index in [4.69, 9.17) is 32.7 Å². The summed E-state index contributed by atoms with van der Waals surface area (Å²) in [5.74, 6) is 1.34. The first kappa shape index (κ1) is 20.9. The number of halogens is 2. The van der Waals surface area contributed by atoms with Gasteiger partial charge in [0.05, 0.1) is 11.6 Å². The Hall–Kier alpha value is -2.83. The number of nitrogens with zero attached hydrogens (tertiary/aromatic N) is 2. The minimum atomic E-state index is -0.440. The second kappa shape index (κ2) is 10.1. The van der Waals surface area contributed by atoms with Gasteiger partial charge < -0.3 is 14.8 Å². The van der Waals surface area contributed by atoms with Gasteiger partial charge in [-0.25, -0.2) is 9.97 Å². The lowest BCUT2D eigenvalue weighted by atomic mass is 10.2.